The first kappa shape index (κ1) is 13.6. The second-order valence-electron chi connectivity index (χ2n) is 7.15. The molecule has 1 aromatic carbocycles. The molecular weight excluding hydrogens is 263 g/mol. The van der Waals surface area contributed by atoms with Crippen LogP contribution in [0.3, 0.4) is 0 Å². The van der Waals surface area contributed by atoms with Gasteiger partial charge in [-0.15, -0.1) is 0 Å². The minimum absolute atomic E-state index is 0. The highest BCUT2D eigenvalue weighted by atomic mass is 19.1. The first-order valence-electron chi connectivity index (χ1n) is 8.55. The first-order valence-corrected chi connectivity index (χ1v) is 8.55. The largest absolute Gasteiger partial charge is 0.384 e. The summed E-state index contributed by atoms with van der Waals surface area (Å²) in [6.45, 7) is 3.36. The highest BCUT2D eigenvalue weighted by Crippen LogP contribution is 2.44. The molecule has 3 heteroatoms. The number of halogens is 1. The van der Waals surface area contributed by atoms with Crippen molar-refractivity contribution >= 4 is 5.69 Å². The van der Waals surface area contributed by atoms with Crippen LogP contribution in [0.2, 0.25) is 0 Å². The topological polar surface area (TPSA) is 15.3 Å². The molecule has 1 saturated carbocycles. The first-order chi connectivity index (χ1) is 10.3. The number of hydrogen-bond acceptors (Lipinski definition) is 2. The molecule has 1 saturated heterocycles. The van der Waals surface area contributed by atoms with Crippen molar-refractivity contribution in [2.75, 3.05) is 25.0 Å². The molecule has 0 bridgehead atoms. The summed E-state index contributed by atoms with van der Waals surface area (Å²) >= 11 is 0. The van der Waals surface area contributed by atoms with Gasteiger partial charge in [0.25, 0.3) is 0 Å². The quantitative estimate of drug-likeness (QED) is 0.835. The standard InChI is InChI=1S/C18H25FN2.H2/c19-14-6-7-17-16(12-14)18(13-20-17)8-10-21(11-9-18)15-4-2-1-3-5-15;/h6-7,12,15,20H,1-5,8-11,13H2;1H. The third-order valence-corrected chi connectivity index (χ3v) is 6.02. The maximum atomic E-state index is 13.6. The summed E-state index contributed by atoms with van der Waals surface area (Å²) in [6, 6.07) is 6.07. The minimum Gasteiger partial charge on any atom is -0.384 e. The third-order valence-electron chi connectivity index (χ3n) is 6.02. The smallest absolute Gasteiger partial charge is 0.123 e. The number of anilines is 1. The van der Waals surface area contributed by atoms with Gasteiger partial charge in [0, 0.05) is 25.1 Å². The van der Waals surface area contributed by atoms with Crippen molar-refractivity contribution in [2.24, 2.45) is 0 Å². The summed E-state index contributed by atoms with van der Waals surface area (Å²) in [5.74, 6) is -0.0912. The normalized spacial score (nSPS) is 25.8. The summed E-state index contributed by atoms with van der Waals surface area (Å²) in [7, 11) is 0. The molecule has 0 unspecified atom stereocenters. The average molecular weight is 290 g/mol. The Morgan fingerprint density at radius 2 is 1.90 bits per heavy atom. The molecule has 2 heterocycles. The van der Waals surface area contributed by atoms with Crippen LogP contribution in [0, 0.1) is 5.82 Å². The molecule has 116 valence electrons. The summed E-state index contributed by atoms with van der Waals surface area (Å²) in [6.07, 6.45) is 9.35. The Hall–Kier alpha value is -1.09. The number of piperidine rings is 1. The van der Waals surface area contributed by atoms with Crippen molar-refractivity contribution in [1.82, 2.24) is 4.90 Å². The highest BCUT2D eigenvalue weighted by Gasteiger charge is 2.42. The summed E-state index contributed by atoms with van der Waals surface area (Å²) in [4.78, 5) is 2.71. The molecule has 1 aromatic rings. The third kappa shape index (κ3) is 2.36. The SMILES string of the molecule is Fc1ccc2c(c1)C1(CCN(C3CCCCC3)CC1)CN2.[HH]. The fourth-order valence-corrected chi connectivity index (χ4v) is 4.68. The van der Waals surface area contributed by atoms with Gasteiger partial charge in [0.15, 0.2) is 0 Å². The van der Waals surface area contributed by atoms with Crippen LogP contribution >= 0.6 is 0 Å². The van der Waals surface area contributed by atoms with E-state index in [1.807, 2.05) is 6.07 Å². The predicted molar refractivity (Wildman–Crippen MR) is 86.4 cm³/mol. The van der Waals surface area contributed by atoms with E-state index in [0.29, 0.717) is 0 Å². The molecule has 1 aliphatic carbocycles. The van der Waals surface area contributed by atoms with Crippen LogP contribution in [0.4, 0.5) is 10.1 Å². The van der Waals surface area contributed by atoms with Crippen LogP contribution < -0.4 is 5.32 Å². The molecule has 0 amide bonds. The number of rotatable bonds is 1. The lowest BCUT2D eigenvalue weighted by Gasteiger charge is -2.43. The van der Waals surface area contributed by atoms with Gasteiger partial charge >= 0.3 is 0 Å². The van der Waals surface area contributed by atoms with Crippen molar-refractivity contribution < 1.29 is 5.82 Å². The molecule has 0 aromatic heterocycles. The zero-order chi connectivity index (χ0) is 14.3. The summed E-state index contributed by atoms with van der Waals surface area (Å²) < 4.78 is 13.6. The molecule has 4 rings (SSSR count). The molecule has 2 aliphatic heterocycles. The zero-order valence-electron chi connectivity index (χ0n) is 12.7. The maximum Gasteiger partial charge on any atom is 0.123 e. The van der Waals surface area contributed by atoms with Crippen LogP contribution in [-0.4, -0.2) is 30.6 Å². The van der Waals surface area contributed by atoms with Gasteiger partial charge in [-0.25, -0.2) is 4.39 Å². The van der Waals surface area contributed by atoms with Gasteiger partial charge < -0.3 is 10.2 Å². The van der Waals surface area contributed by atoms with Crippen LogP contribution in [0.5, 0.6) is 0 Å². The molecule has 1 N–H and O–H groups in total. The molecule has 3 aliphatic rings. The summed E-state index contributed by atoms with van der Waals surface area (Å²) in [5.41, 5.74) is 2.57. The van der Waals surface area contributed by atoms with E-state index in [9.17, 15) is 4.39 Å². The van der Waals surface area contributed by atoms with Crippen LogP contribution in [0.15, 0.2) is 18.2 Å². The van der Waals surface area contributed by atoms with Crippen molar-refractivity contribution in [3.05, 3.63) is 29.6 Å². The Morgan fingerprint density at radius 1 is 1.14 bits per heavy atom. The van der Waals surface area contributed by atoms with E-state index in [-0.39, 0.29) is 12.7 Å². The zero-order valence-corrected chi connectivity index (χ0v) is 12.7. The molecule has 0 radical (unpaired) electrons. The molecular formula is C18H27FN2. The van der Waals surface area contributed by atoms with Gasteiger partial charge in [-0.3, -0.25) is 0 Å². The van der Waals surface area contributed by atoms with Gasteiger partial charge in [0.05, 0.1) is 0 Å². The molecule has 21 heavy (non-hydrogen) atoms. The monoisotopic (exact) mass is 290 g/mol. The van der Waals surface area contributed by atoms with Gasteiger partial charge in [-0.05, 0) is 62.5 Å². The Balaban J connectivity index is 0.00000144. The van der Waals surface area contributed by atoms with Crippen LogP contribution in [0.1, 0.15) is 51.9 Å². The van der Waals surface area contributed by atoms with Gasteiger partial charge in [-0.1, -0.05) is 19.3 Å². The van der Waals surface area contributed by atoms with Crippen LogP contribution in [0.25, 0.3) is 0 Å². The van der Waals surface area contributed by atoms with E-state index >= 15 is 0 Å². The Labute approximate surface area is 128 Å². The number of hydrogen-bond donors (Lipinski definition) is 1. The Kier molecular flexibility index (Phi) is 3.41. The van der Waals surface area contributed by atoms with E-state index in [1.54, 1.807) is 12.1 Å². The van der Waals surface area contributed by atoms with E-state index < -0.39 is 0 Å². The van der Waals surface area contributed by atoms with Crippen molar-refractivity contribution in [3.8, 4) is 0 Å². The fourth-order valence-electron chi connectivity index (χ4n) is 4.68. The van der Waals surface area contributed by atoms with Crippen molar-refractivity contribution in [3.63, 3.8) is 0 Å². The number of benzene rings is 1. The van der Waals surface area contributed by atoms with Crippen LogP contribution in [-0.2, 0) is 5.41 Å². The summed E-state index contributed by atoms with van der Waals surface area (Å²) in [5, 5.41) is 3.50. The molecule has 2 nitrogen and oxygen atoms in total. The molecule has 0 atom stereocenters. The second-order valence-corrected chi connectivity index (χ2v) is 7.15. The Bertz CT molecular complexity index is 520. The number of likely N-dealkylation sites (tertiary alicyclic amines) is 1. The molecule has 1 spiro atoms. The number of nitrogens with one attached hydrogen (secondary N) is 1. The van der Waals surface area contributed by atoms with Crippen molar-refractivity contribution in [1.29, 1.82) is 0 Å². The fraction of sp³-hybridized carbons (Fsp3) is 0.667. The van der Waals surface area contributed by atoms with E-state index in [2.05, 4.69) is 10.2 Å². The second kappa shape index (κ2) is 5.28. The number of fused-ring (bicyclic) bond motifs is 2. The number of nitrogens with zero attached hydrogens (tertiary/aromatic N) is 1. The predicted octanol–water partition coefficient (Wildman–Crippen LogP) is 4.16. The molecule has 2 fully saturated rings. The highest BCUT2D eigenvalue weighted by molar-refractivity contribution is 5.60. The van der Waals surface area contributed by atoms with Gasteiger partial charge in [0.2, 0.25) is 0 Å². The van der Waals surface area contributed by atoms with E-state index in [1.165, 1.54) is 63.6 Å². The average Bonchev–Trinajstić information content (AvgIpc) is 2.87. The van der Waals surface area contributed by atoms with Gasteiger partial charge in [-0.2, -0.15) is 0 Å². The van der Waals surface area contributed by atoms with E-state index in [4.69, 9.17) is 0 Å². The Morgan fingerprint density at radius 3 is 2.67 bits per heavy atom. The van der Waals surface area contributed by atoms with Crippen molar-refractivity contribution in [2.45, 2.75) is 56.4 Å². The lowest BCUT2D eigenvalue weighted by molar-refractivity contribution is 0.0981. The lowest BCUT2D eigenvalue weighted by Crippen LogP contribution is -2.48. The minimum atomic E-state index is -0.0912. The lowest BCUT2D eigenvalue weighted by atomic mass is 9.73. The maximum absolute atomic E-state index is 13.6. The van der Waals surface area contributed by atoms with E-state index in [0.717, 1.165) is 18.3 Å². The van der Waals surface area contributed by atoms with Gasteiger partial charge in [0.1, 0.15) is 5.82 Å².